The molecule has 3 aromatic carbocycles. The minimum atomic E-state index is 1.23. The highest BCUT2D eigenvalue weighted by atomic mass is 14.1. The van der Waals surface area contributed by atoms with Crippen LogP contribution in [0.5, 0.6) is 0 Å². The van der Waals surface area contributed by atoms with Gasteiger partial charge in [0.2, 0.25) is 0 Å². The maximum absolute atomic E-state index is 2.27. The molecule has 0 aliphatic heterocycles. The number of benzene rings is 3. The quantitative estimate of drug-likeness (QED) is 0.483. The van der Waals surface area contributed by atoms with Gasteiger partial charge in [0.05, 0.1) is 0 Å². The summed E-state index contributed by atoms with van der Waals surface area (Å²) in [6, 6.07) is 25.8. The minimum absolute atomic E-state index is 1.23. The van der Waals surface area contributed by atoms with E-state index in [1.807, 2.05) is 0 Å². The first-order valence-electron chi connectivity index (χ1n) is 8.95. The van der Waals surface area contributed by atoms with Crippen molar-refractivity contribution in [2.45, 2.75) is 0 Å². The molecule has 2 aliphatic rings. The average Bonchev–Trinajstić information content (AvgIpc) is 3.27. The van der Waals surface area contributed by atoms with E-state index in [0.717, 1.165) is 0 Å². The van der Waals surface area contributed by atoms with Gasteiger partial charge in [-0.3, -0.25) is 0 Å². The van der Waals surface area contributed by atoms with E-state index >= 15 is 0 Å². The van der Waals surface area contributed by atoms with E-state index < -0.39 is 0 Å². The number of rotatable bonds is 2. The standard InChI is InChI=1S/C26H18/c1-3-10-25-21(8-1)12-14-23(25)17-19-6-5-7-20(16-19)18-24-15-13-22-9-2-4-11-26(22)24/h1-18H/b23-17+,24-18?. The van der Waals surface area contributed by atoms with Crippen LogP contribution in [0.3, 0.4) is 0 Å². The van der Waals surface area contributed by atoms with Gasteiger partial charge >= 0.3 is 0 Å². The summed E-state index contributed by atoms with van der Waals surface area (Å²) < 4.78 is 0. The molecule has 0 radical (unpaired) electrons. The van der Waals surface area contributed by atoms with Crippen molar-refractivity contribution in [1.82, 2.24) is 0 Å². The summed E-state index contributed by atoms with van der Waals surface area (Å²) in [6.07, 6.45) is 13.3. The van der Waals surface area contributed by atoms with Crippen molar-refractivity contribution in [3.8, 4) is 0 Å². The molecule has 0 spiro atoms. The van der Waals surface area contributed by atoms with Crippen molar-refractivity contribution in [2.75, 3.05) is 0 Å². The van der Waals surface area contributed by atoms with Crippen LogP contribution in [0.4, 0.5) is 0 Å². The summed E-state index contributed by atoms with van der Waals surface area (Å²) in [4.78, 5) is 0. The Labute approximate surface area is 154 Å². The van der Waals surface area contributed by atoms with Gasteiger partial charge in [-0.25, -0.2) is 0 Å². The van der Waals surface area contributed by atoms with E-state index in [4.69, 9.17) is 0 Å². The Hall–Kier alpha value is -3.38. The average molecular weight is 330 g/mol. The molecule has 0 amide bonds. The monoisotopic (exact) mass is 330 g/mol. The molecule has 3 aromatic rings. The number of fused-ring (bicyclic) bond motifs is 2. The molecule has 0 saturated carbocycles. The van der Waals surface area contributed by atoms with Crippen LogP contribution in [0.15, 0.2) is 84.9 Å². The molecule has 26 heavy (non-hydrogen) atoms. The van der Waals surface area contributed by atoms with Gasteiger partial charge in [-0.1, -0.05) is 91.0 Å². The fourth-order valence-electron chi connectivity index (χ4n) is 3.70. The number of hydrogen-bond acceptors (Lipinski definition) is 0. The normalized spacial score (nSPS) is 17.1. The van der Waals surface area contributed by atoms with Crippen LogP contribution < -0.4 is 0 Å². The Morgan fingerprint density at radius 2 is 0.962 bits per heavy atom. The third kappa shape index (κ3) is 2.66. The molecule has 0 bridgehead atoms. The molecule has 0 unspecified atom stereocenters. The SMILES string of the molecule is C1=Cc2ccccc2C1=Cc1cccc(/C=C2\C=Cc3ccccc32)c1. The zero-order chi connectivity index (χ0) is 17.3. The second kappa shape index (κ2) is 6.16. The first-order chi connectivity index (χ1) is 12.9. The van der Waals surface area contributed by atoms with Crippen molar-refractivity contribution in [3.63, 3.8) is 0 Å². The lowest BCUT2D eigenvalue weighted by molar-refractivity contribution is 1.59. The van der Waals surface area contributed by atoms with Crippen molar-refractivity contribution < 1.29 is 0 Å². The molecule has 0 aromatic heterocycles. The van der Waals surface area contributed by atoms with Crippen LogP contribution in [0.2, 0.25) is 0 Å². The molecule has 0 atom stereocenters. The van der Waals surface area contributed by atoms with E-state index in [-0.39, 0.29) is 0 Å². The summed E-state index contributed by atoms with van der Waals surface area (Å²) in [5.74, 6) is 0. The largest absolute Gasteiger partial charge is 0.0616 e. The molecular formula is C26H18. The van der Waals surface area contributed by atoms with Crippen LogP contribution >= 0.6 is 0 Å². The van der Waals surface area contributed by atoms with E-state index in [1.165, 1.54) is 44.5 Å². The first kappa shape index (κ1) is 14.9. The fourth-order valence-corrected chi connectivity index (χ4v) is 3.70. The fraction of sp³-hybridized carbons (Fsp3) is 0. The smallest absolute Gasteiger partial charge is 0.0111 e. The number of allylic oxidation sites excluding steroid dienone is 4. The molecule has 0 saturated heterocycles. The van der Waals surface area contributed by atoms with Gasteiger partial charge in [0.25, 0.3) is 0 Å². The summed E-state index contributed by atoms with van der Waals surface area (Å²) in [5, 5.41) is 0. The van der Waals surface area contributed by atoms with Crippen LogP contribution in [0.25, 0.3) is 35.5 Å². The number of hydrogen-bond donors (Lipinski definition) is 0. The van der Waals surface area contributed by atoms with Gasteiger partial charge in [-0.2, -0.15) is 0 Å². The zero-order valence-corrected chi connectivity index (χ0v) is 14.4. The molecule has 0 heteroatoms. The van der Waals surface area contributed by atoms with Crippen LogP contribution in [0.1, 0.15) is 33.4 Å². The topological polar surface area (TPSA) is 0 Å². The van der Waals surface area contributed by atoms with E-state index in [0.29, 0.717) is 0 Å². The minimum Gasteiger partial charge on any atom is -0.0616 e. The Balaban J connectivity index is 1.50. The molecule has 0 nitrogen and oxygen atoms in total. The van der Waals surface area contributed by atoms with Gasteiger partial charge in [0.15, 0.2) is 0 Å². The molecule has 0 heterocycles. The molecular weight excluding hydrogens is 312 g/mol. The van der Waals surface area contributed by atoms with Crippen molar-refractivity contribution in [1.29, 1.82) is 0 Å². The Bertz CT molecular complexity index is 1030. The highest BCUT2D eigenvalue weighted by molar-refractivity contribution is 5.99. The highest BCUT2D eigenvalue weighted by Crippen LogP contribution is 2.32. The van der Waals surface area contributed by atoms with Crippen LogP contribution in [-0.4, -0.2) is 0 Å². The third-order valence-electron chi connectivity index (χ3n) is 4.98. The van der Waals surface area contributed by atoms with E-state index in [2.05, 4.69) is 109 Å². The maximum atomic E-state index is 2.27. The third-order valence-corrected chi connectivity index (χ3v) is 4.98. The Kier molecular flexibility index (Phi) is 3.54. The summed E-state index contributed by atoms with van der Waals surface area (Å²) in [7, 11) is 0. The van der Waals surface area contributed by atoms with Crippen LogP contribution in [-0.2, 0) is 0 Å². The van der Waals surface area contributed by atoms with E-state index in [1.54, 1.807) is 0 Å². The predicted molar refractivity (Wildman–Crippen MR) is 113 cm³/mol. The van der Waals surface area contributed by atoms with Gasteiger partial charge < -0.3 is 0 Å². The Morgan fingerprint density at radius 3 is 1.50 bits per heavy atom. The van der Waals surface area contributed by atoms with Gasteiger partial charge in [-0.15, -0.1) is 0 Å². The van der Waals surface area contributed by atoms with Crippen molar-refractivity contribution in [2.24, 2.45) is 0 Å². The molecule has 5 rings (SSSR count). The van der Waals surface area contributed by atoms with Crippen molar-refractivity contribution in [3.05, 3.63) is 118 Å². The van der Waals surface area contributed by atoms with Crippen LogP contribution in [0, 0.1) is 0 Å². The van der Waals surface area contributed by atoms with Crippen molar-refractivity contribution >= 4 is 35.5 Å². The lowest BCUT2D eigenvalue weighted by atomic mass is 10.0. The lowest BCUT2D eigenvalue weighted by Gasteiger charge is -2.04. The Morgan fingerprint density at radius 1 is 0.462 bits per heavy atom. The van der Waals surface area contributed by atoms with Gasteiger partial charge in [0, 0.05) is 0 Å². The molecule has 122 valence electrons. The second-order valence-electron chi connectivity index (χ2n) is 6.71. The van der Waals surface area contributed by atoms with Gasteiger partial charge in [-0.05, 0) is 62.7 Å². The maximum Gasteiger partial charge on any atom is -0.0111 e. The second-order valence-corrected chi connectivity index (χ2v) is 6.71. The summed E-state index contributed by atoms with van der Waals surface area (Å²) in [5.41, 5.74) is 10.2. The molecule has 0 N–H and O–H groups in total. The molecule has 0 fully saturated rings. The summed E-state index contributed by atoms with van der Waals surface area (Å²) >= 11 is 0. The highest BCUT2D eigenvalue weighted by Gasteiger charge is 2.10. The predicted octanol–water partition coefficient (Wildman–Crippen LogP) is 6.82. The lowest BCUT2D eigenvalue weighted by Crippen LogP contribution is -1.83. The molecule has 2 aliphatic carbocycles. The summed E-state index contributed by atoms with van der Waals surface area (Å²) in [6.45, 7) is 0. The zero-order valence-electron chi connectivity index (χ0n) is 14.4. The first-order valence-corrected chi connectivity index (χ1v) is 8.95. The van der Waals surface area contributed by atoms with E-state index in [9.17, 15) is 0 Å². The van der Waals surface area contributed by atoms with Gasteiger partial charge in [0.1, 0.15) is 0 Å².